The van der Waals surface area contributed by atoms with E-state index < -0.39 is 33.3 Å². The van der Waals surface area contributed by atoms with Crippen molar-refractivity contribution in [3.8, 4) is 0 Å². The van der Waals surface area contributed by atoms with E-state index in [4.69, 9.17) is 5.73 Å². The van der Waals surface area contributed by atoms with Gasteiger partial charge in [0.15, 0.2) is 0 Å². The van der Waals surface area contributed by atoms with E-state index >= 15 is 0 Å². The molecule has 0 amide bonds. The summed E-state index contributed by atoms with van der Waals surface area (Å²) in [6.07, 6.45) is 0.557. The lowest BCUT2D eigenvalue weighted by Gasteiger charge is -2.33. The van der Waals surface area contributed by atoms with Gasteiger partial charge in [0, 0.05) is 6.04 Å². The molecule has 0 aliphatic heterocycles. The van der Waals surface area contributed by atoms with Crippen LogP contribution in [-0.4, -0.2) is 31.6 Å². The third-order valence-electron chi connectivity index (χ3n) is 2.70. The second-order valence-electron chi connectivity index (χ2n) is 6.27. The largest absolute Gasteiger partial charge is 0.480 e. The van der Waals surface area contributed by atoms with Crippen LogP contribution in [0.1, 0.15) is 48.0 Å². The monoisotopic (exact) mass is 278 g/mol. The van der Waals surface area contributed by atoms with E-state index in [1.54, 1.807) is 0 Å². The Kier molecular flexibility index (Phi) is 5.97. The molecule has 3 atom stereocenters. The number of rotatable bonds is 6. The number of hydrogen-bond acceptors (Lipinski definition) is 3. The summed E-state index contributed by atoms with van der Waals surface area (Å²) in [5, 5.41) is 9.18. The van der Waals surface area contributed by atoms with Crippen molar-refractivity contribution in [3.05, 3.63) is 0 Å². The maximum atomic E-state index is 12.1. The van der Waals surface area contributed by atoms with Crippen LogP contribution in [0.2, 0.25) is 0 Å². The van der Waals surface area contributed by atoms with Gasteiger partial charge in [0.1, 0.15) is 5.54 Å². The normalized spacial score (nSPS) is 19.3. The third-order valence-corrected chi connectivity index (χ3v) is 4.31. The van der Waals surface area contributed by atoms with Gasteiger partial charge in [0.05, 0.1) is 15.7 Å². The molecule has 0 aromatic heterocycles. The number of aliphatic carboxylic acids is 1. The van der Waals surface area contributed by atoms with E-state index in [0.717, 1.165) is 0 Å². The maximum Gasteiger partial charge on any atom is 0.325 e. The molecule has 0 spiro atoms. The van der Waals surface area contributed by atoms with Gasteiger partial charge < -0.3 is 10.8 Å². The molecule has 0 aliphatic carbocycles. The van der Waals surface area contributed by atoms with Crippen molar-refractivity contribution in [1.29, 1.82) is 0 Å². The standard InChI is InChI=1S/C12H26N2O3S/c1-8(2)7-9(12(6,13)10(15)16)14-18(17)11(3,4)5/h8-9,14H,7,13H2,1-6H3,(H,15,16)/t9-,12+,18?/m0/s1. The number of carboxylic acid groups (broad SMARTS) is 1. The Hall–Kier alpha value is -0.460. The van der Waals surface area contributed by atoms with E-state index in [2.05, 4.69) is 4.72 Å². The predicted molar refractivity (Wildman–Crippen MR) is 74.5 cm³/mol. The number of carboxylic acids is 1. The van der Waals surface area contributed by atoms with Crippen LogP contribution in [0.5, 0.6) is 0 Å². The van der Waals surface area contributed by atoms with Crippen LogP contribution in [0.15, 0.2) is 0 Å². The summed E-state index contributed by atoms with van der Waals surface area (Å²) in [5.41, 5.74) is 4.41. The lowest BCUT2D eigenvalue weighted by Crippen LogP contribution is -2.62. The molecule has 5 nitrogen and oxygen atoms in total. The Morgan fingerprint density at radius 3 is 2.06 bits per heavy atom. The van der Waals surface area contributed by atoms with Crippen molar-refractivity contribution in [3.63, 3.8) is 0 Å². The fourth-order valence-electron chi connectivity index (χ4n) is 1.34. The zero-order chi connectivity index (χ0) is 14.7. The number of carbonyl (C=O) groups is 1. The van der Waals surface area contributed by atoms with Crippen molar-refractivity contribution < 1.29 is 14.1 Å². The zero-order valence-corrected chi connectivity index (χ0v) is 12.9. The molecule has 0 fully saturated rings. The Morgan fingerprint density at radius 1 is 1.33 bits per heavy atom. The van der Waals surface area contributed by atoms with Gasteiger partial charge in [-0.1, -0.05) is 13.8 Å². The lowest BCUT2D eigenvalue weighted by molar-refractivity contribution is -0.143. The molecule has 4 N–H and O–H groups in total. The van der Waals surface area contributed by atoms with Crippen LogP contribution in [-0.2, 0) is 15.8 Å². The van der Waals surface area contributed by atoms with Gasteiger partial charge in [-0.25, -0.2) is 8.93 Å². The molecule has 0 rings (SSSR count). The van der Waals surface area contributed by atoms with Gasteiger partial charge in [0.25, 0.3) is 0 Å². The van der Waals surface area contributed by atoms with Crippen LogP contribution in [0.3, 0.4) is 0 Å². The molecule has 18 heavy (non-hydrogen) atoms. The molecule has 0 heterocycles. The van der Waals surface area contributed by atoms with Crippen LogP contribution in [0.25, 0.3) is 0 Å². The third kappa shape index (κ3) is 5.04. The molecular formula is C12H26N2O3S. The first-order valence-electron chi connectivity index (χ1n) is 6.09. The number of hydrogen-bond donors (Lipinski definition) is 3. The first-order valence-corrected chi connectivity index (χ1v) is 7.24. The van der Waals surface area contributed by atoms with Crippen LogP contribution >= 0.6 is 0 Å². The fourth-order valence-corrected chi connectivity index (χ4v) is 2.29. The highest BCUT2D eigenvalue weighted by molar-refractivity contribution is 7.84. The predicted octanol–water partition coefficient (Wildman–Crippen LogP) is 1.25. The van der Waals surface area contributed by atoms with Crippen molar-refractivity contribution in [2.75, 3.05) is 0 Å². The fraction of sp³-hybridized carbons (Fsp3) is 0.917. The minimum absolute atomic E-state index is 0.265. The highest BCUT2D eigenvalue weighted by Gasteiger charge is 2.40. The van der Waals surface area contributed by atoms with Crippen molar-refractivity contribution in [2.45, 2.75) is 64.3 Å². The molecule has 0 saturated carbocycles. The van der Waals surface area contributed by atoms with Gasteiger partial charge >= 0.3 is 5.97 Å². The molecular weight excluding hydrogens is 252 g/mol. The summed E-state index contributed by atoms with van der Waals surface area (Å²) in [6.45, 7) is 10.9. The Morgan fingerprint density at radius 2 is 1.78 bits per heavy atom. The summed E-state index contributed by atoms with van der Waals surface area (Å²) < 4.78 is 14.5. The van der Waals surface area contributed by atoms with Crippen molar-refractivity contribution in [1.82, 2.24) is 4.72 Å². The van der Waals surface area contributed by atoms with Gasteiger partial charge in [-0.05, 0) is 40.0 Å². The molecule has 108 valence electrons. The second-order valence-corrected chi connectivity index (χ2v) is 8.27. The van der Waals surface area contributed by atoms with Gasteiger partial charge in [-0.3, -0.25) is 4.79 Å². The smallest absolute Gasteiger partial charge is 0.325 e. The lowest BCUT2D eigenvalue weighted by atomic mass is 9.88. The molecule has 0 aromatic carbocycles. The highest BCUT2D eigenvalue weighted by Crippen LogP contribution is 2.19. The summed E-state index contributed by atoms with van der Waals surface area (Å²) in [6, 6.07) is -0.532. The second kappa shape index (κ2) is 6.12. The SMILES string of the molecule is CC(C)C[C@H](NS(=O)C(C)(C)C)[C@@](C)(N)C(=O)O. The zero-order valence-electron chi connectivity index (χ0n) is 12.1. The van der Waals surface area contributed by atoms with E-state index in [1.807, 2.05) is 34.6 Å². The maximum absolute atomic E-state index is 12.1. The van der Waals surface area contributed by atoms with E-state index in [0.29, 0.717) is 6.42 Å². The molecule has 0 radical (unpaired) electrons. The summed E-state index contributed by atoms with van der Waals surface area (Å²) in [7, 11) is -1.34. The summed E-state index contributed by atoms with van der Waals surface area (Å²) >= 11 is 0. The first kappa shape index (κ1) is 17.5. The molecule has 0 aliphatic rings. The van der Waals surface area contributed by atoms with E-state index in [9.17, 15) is 14.1 Å². The van der Waals surface area contributed by atoms with Gasteiger partial charge in [0.2, 0.25) is 0 Å². The van der Waals surface area contributed by atoms with Crippen LogP contribution < -0.4 is 10.5 Å². The van der Waals surface area contributed by atoms with E-state index in [1.165, 1.54) is 6.92 Å². The van der Waals surface area contributed by atoms with Crippen molar-refractivity contribution in [2.24, 2.45) is 11.7 Å². The average Bonchev–Trinajstić information content (AvgIpc) is 2.13. The van der Waals surface area contributed by atoms with Crippen LogP contribution in [0.4, 0.5) is 0 Å². The Bertz CT molecular complexity index is 322. The van der Waals surface area contributed by atoms with Gasteiger partial charge in [-0.15, -0.1) is 0 Å². The average molecular weight is 278 g/mol. The van der Waals surface area contributed by atoms with E-state index in [-0.39, 0.29) is 5.92 Å². The minimum Gasteiger partial charge on any atom is -0.480 e. The number of nitrogens with two attached hydrogens (primary N) is 1. The molecule has 1 unspecified atom stereocenters. The Balaban J connectivity index is 5.03. The first-order chi connectivity index (χ1) is 7.89. The van der Waals surface area contributed by atoms with Crippen LogP contribution in [0, 0.1) is 5.92 Å². The Labute approximate surface area is 112 Å². The molecule has 6 heteroatoms. The summed E-state index contributed by atoms with van der Waals surface area (Å²) in [5.74, 6) is -0.826. The highest BCUT2D eigenvalue weighted by atomic mass is 32.2. The molecule has 0 saturated heterocycles. The molecule has 0 aromatic rings. The summed E-state index contributed by atoms with van der Waals surface area (Å²) in [4.78, 5) is 11.2. The molecule has 0 bridgehead atoms. The minimum atomic E-state index is -1.44. The van der Waals surface area contributed by atoms with Gasteiger partial charge in [-0.2, -0.15) is 0 Å². The number of nitrogens with one attached hydrogen (secondary N) is 1. The van der Waals surface area contributed by atoms with Crippen molar-refractivity contribution >= 4 is 17.0 Å². The topological polar surface area (TPSA) is 92.4 Å². The quantitative estimate of drug-likeness (QED) is 0.682.